The number of para-hydroxylation sites is 1. The quantitative estimate of drug-likeness (QED) is 0.306. The first kappa shape index (κ1) is 22.9. The molecule has 1 heterocycles. The smallest absolute Gasteiger partial charge is 0.255 e. The van der Waals surface area contributed by atoms with Gasteiger partial charge < -0.3 is 9.88 Å². The fourth-order valence-corrected chi connectivity index (χ4v) is 5.32. The molecule has 0 aliphatic rings. The van der Waals surface area contributed by atoms with Crippen molar-refractivity contribution in [3.05, 3.63) is 108 Å². The minimum atomic E-state index is -3.28. The summed E-state index contributed by atoms with van der Waals surface area (Å²) < 4.78 is 26.4. The normalized spacial score (nSPS) is 11.7. The van der Waals surface area contributed by atoms with E-state index in [9.17, 15) is 13.2 Å². The van der Waals surface area contributed by atoms with Gasteiger partial charge >= 0.3 is 0 Å². The number of hydrogen-bond acceptors (Lipinski definition) is 3. The Balaban J connectivity index is 1.44. The molecule has 5 rings (SSSR count). The third-order valence-electron chi connectivity index (χ3n) is 6.35. The number of aryl methyl sites for hydroxylation is 2. The van der Waals surface area contributed by atoms with Crippen molar-refractivity contribution in [3.8, 4) is 0 Å². The summed E-state index contributed by atoms with van der Waals surface area (Å²) in [7, 11) is -3.28. The number of hydrogen-bond donors (Lipinski definition) is 1. The van der Waals surface area contributed by atoms with Crippen molar-refractivity contribution < 1.29 is 13.2 Å². The third kappa shape index (κ3) is 4.57. The number of rotatable bonds is 7. The first-order valence-electron chi connectivity index (χ1n) is 11.7. The highest BCUT2D eigenvalue weighted by Crippen LogP contribution is 2.30. The Morgan fingerprint density at radius 1 is 0.800 bits per heavy atom. The Kier molecular flexibility index (Phi) is 6.14. The number of aromatic nitrogens is 1. The maximum absolute atomic E-state index is 13.0. The summed E-state index contributed by atoms with van der Waals surface area (Å²) >= 11 is 0. The van der Waals surface area contributed by atoms with Crippen molar-refractivity contribution >= 4 is 43.2 Å². The third-order valence-corrected chi connectivity index (χ3v) is 8.10. The number of amides is 1. The minimum Gasteiger partial charge on any atom is -0.340 e. The van der Waals surface area contributed by atoms with E-state index < -0.39 is 9.84 Å². The molecule has 5 nitrogen and oxygen atoms in total. The van der Waals surface area contributed by atoms with Crippen LogP contribution in [0.5, 0.6) is 0 Å². The predicted octanol–water partition coefficient (Wildman–Crippen LogP) is 6.08. The molecule has 6 heteroatoms. The Morgan fingerprint density at radius 2 is 1.49 bits per heavy atom. The van der Waals surface area contributed by atoms with E-state index in [1.807, 2.05) is 36.4 Å². The average molecular weight is 483 g/mol. The van der Waals surface area contributed by atoms with Crippen LogP contribution in [0.1, 0.15) is 22.8 Å². The van der Waals surface area contributed by atoms with Gasteiger partial charge in [0, 0.05) is 39.6 Å². The molecular formula is C29H26N2O3S. The summed E-state index contributed by atoms with van der Waals surface area (Å²) in [5.41, 5.74) is 4.62. The molecule has 0 saturated heterocycles. The van der Waals surface area contributed by atoms with Crippen LogP contribution in [0.2, 0.25) is 0 Å². The zero-order chi connectivity index (χ0) is 24.4. The van der Waals surface area contributed by atoms with Crippen molar-refractivity contribution in [1.82, 2.24) is 4.57 Å². The lowest BCUT2D eigenvalue weighted by Crippen LogP contribution is -2.12. The zero-order valence-electron chi connectivity index (χ0n) is 19.4. The van der Waals surface area contributed by atoms with Gasteiger partial charge in [0.05, 0.1) is 10.6 Å². The predicted molar refractivity (Wildman–Crippen MR) is 142 cm³/mol. The van der Waals surface area contributed by atoms with E-state index in [2.05, 4.69) is 46.3 Å². The van der Waals surface area contributed by atoms with Gasteiger partial charge in [0.15, 0.2) is 9.84 Å². The molecule has 0 aliphatic heterocycles. The van der Waals surface area contributed by atoms with Crippen LogP contribution in [0.15, 0.2) is 102 Å². The molecule has 5 aromatic rings. The maximum atomic E-state index is 13.0. The summed E-state index contributed by atoms with van der Waals surface area (Å²) in [4.78, 5) is 13.3. The fourth-order valence-electron chi connectivity index (χ4n) is 4.44. The van der Waals surface area contributed by atoms with E-state index in [4.69, 9.17) is 0 Å². The molecular weight excluding hydrogens is 456 g/mol. The average Bonchev–Trinajstić information content (AvgIpc) is 3.21. The number of benzene rings is 4. The molecule has 1 aromatic heterocycles. The molecule has 0 spiro atoms. The van der Waals surface area contributed by atoms with Crippen LogP contribution in [0.3, 0.4) is 0 Å². The van der Waals surface area contributed by atoms with Crippen LogP contribution in [0.4, 0.5) is 5.69 Å². The molecule has 1 amide bonds. The van der Waals surface area contributed by atoms with Crippen molar-refractivity contribution in [2.24, 2.45) is 0 Å². The zero-order valence-corrected chi connectivity index (χ0v) is 20.3. The molecule has 0 unspecified atom stereocenters. The minimum absolute atomic E-state index is 0.0394. The van der Waals surface area contributed by atoms with Crippen LogP contribution in [0.25, 0.3) is 21.8 Å². The van der Waals surface area contributed by atoms with Gasteiger partial charge in [0.2, 0.25) is 0 Å². The molecule has 176 valence electrons. The van der Waals surface area contributed by atoms with Crippen LogP contribution >= 0.6 is 0 Å². The molecule has 0 fully saturated rings. The Morgan fingerprint density at radius 3 is 2.23 bits per heavy atom. The Hall–Kier alpha value is -3.90. The van der Waals surface area contributed by atoms with Gasteiger partial charge in [-0.25, -0.2) is 8.42 Å². The second-order valence-corrected chi connectivity index (χ2v) is 10.8. The Bertz CT molecular complexity index is 1620. The van der Waals surface area contributed by atoms with Gasteiger partial charge in [-0.15, -0.1) is 0 Å². The molecule has 0 radical (unpaired) electrons. The number of fused-ring (bicyclic) bond motifs is 3. The van der Waals surface area contributed by atoms with Crippen LogP contribution < -0.4 is 5.32 Å². The fraction of sp³-hybridized carbons (Fsp3) is 0.138. The van der Waals surface area contributed by atoms with Crippen molar-refractivity contribution in [2.45, 2.75) is 24.8 Å². The number of carbonyl (C=O) groups is 1. The summed E-state index contributed by atoms with van der Waals surface area (Å²) in [6.07, 6.45) is 0.917. The van der Waals surface area contributed by atoms with Crippen molar-refractivity contribution in [2.75, 3.05) is 11.1 Å². The van der Waals surface area contributed by atoms with E-state index in [0.29, 0.717) is 11.3 Å². The van der Waals surface area contributed by atoms with Crippen molar-refractivity contribution in [3.63, 3.8) is 0 Å². The highest BCUT2D eigenvalue weighted by Gasteiger charge is 2.15. The van der Waals surface area contributed by atoms with Gasteiger partial charge in [-0.1, -0.05) is 55.5 Å². The number of anilines is 1. The van der Waals surface area contributed by atoms with Crippen molar-refractivity contribution in [1.29, 1.82) is 0 Å². The molecule has 35 heavy (non-hydrogen) atoms. The second-order valence-electron chi connectivity index (χ2n) is 8.52. The number of nitrogens with zero attached hydrogens (tertiary/aromatic N) is 1. The van der Waals surface area contributed by atoms with Crippen LogP contribution in [-0.4, -0.2) is 24.6 Å². The summed E-state index contributed by atoms with van der Waals surface area (Å²) in [6.45, 7) is 2.45. The van der Waals surface area contributed by atoms with Gasteiger partial charge in [-0.3, -0.25) is 4.79 Å². The molecule has 4 aromatic carbocycles. The summed E-state index contributed by atoms with van der Waals surface area (Å²) in [6, 6.07) is 30.7. The number of carbonyl (C=O) groups excluding carboxylic acids is 1. The SMILES string of the molecule is CCS(=O)(=O)c1ccc(NC(=O)c2ccc3c(c2)c2ccccc2n3CCc2ccccc2)cc1. The standard InChI is InChI=1S/C29H26N2O3S/c1-2-35(33,34)24-15-13-23(14-16-24)30-29(32)22-12-17-28-26(20-22)25-10-6-7-11-27(25)31(28)19-18-21-8-4-3-5-9-21/h3-17,20H,2,18-19H2,1H3,(H,30,32). The first-order valence-corrected chi connectivity index (χ1v) is 13.3. The van der Waals surface area contributed by atoms with E-state index in [1.165, 1.54) is 17.7 Å². The summed E-state index contributed by atoms with van der Waals surface area (Å²) in [5, 5.41) is 5.02. The first-order chi connectivity index (χ1) is 17.0. The van der Waals surface area contributed by atoms with Crippen LogP contribution in [-0.2, 0) is 22.8 Å². The van der Waals surface area contributed by atoms with Gasteiger partial charge in [-0.2, -0.15) is 0 Å². The van der Waals surface area contributed by atoms with Gasteiger partial charge in [0.25, 0.3) is 5.91 Å². The van der Waals surface area contributed by atoms with Gasteiger partial charge in [-0.05, 0) is 60.5 Å². The van der Waals surface area contributed by atoms with E-state index in [-0.39, 0.29) is 16.6 Å². The molecule has 0 saturated carbocycles. The van der Waals surface area contributed by atoms with Crippen LogP contribution in [0, 0.1) is 0 Å². The maximum Gasteiger partial charge on any atom is 0.255 e. The summed E-state index contributed by atoms with van der Waals surface area (Å²) in [5.74, 6) is -0.198. The molecule has 0 bridgehead atoms. The molecule has 0 atom stereocenters. The second kappa shape index (κ2) is 9.39. The number of sulfone groups is 1. The highest BCUT2D eigenvalue weighted by atomic mass is 32.2. The molecule has 0 aliphatic carbocycles. The topological polar surface area (TPSA) is 68.2 Å². The molecule has 1 N–H and O–H groups in total. The lowest BCUT2D eigenvalue weighted by atomic mass is 10.1. The van der Waals surface area contributed by atoms with Gasteiger partial charge in [0.1, 0.15) is 0 Å². The largest absolute Gasteiger partial charge is 0.340 e. The van der Waals surface area contributed by atoms with E-state index in [0.717, 1.165) is 34.8 Å². The Labute approximate surface area is 204 Å². The van der Waals surface area contributed by atoms with E-state index in [1.54, 1.807) is 19.1 Å². The van der Waals surface area contributed by atoms with E-state index >= 15 is 0 Å². The number of nitrogens with one attached hydrogen (secondary N) is 1. The lowest BCUT2D eigenvalue weighted by Gasteiger charge is -2.09. The lowest BCUT2D eigenvalue weighted by molar-refractivity contribution is 0.102. The highest BCUT2D eigenvalue weighted by molar-refractivity contribution is 7.91. The monoisotopic (exact) mass is 482 g/mol.